The normalized spacial score (nSPS) is 12.2. The van der Waals surface area contributed by atoms with Crippen LogP contribution in [-0.4, -0.2) is 25.2 Å². The SMILES string of the molecule is CCCC(NCCc1ccc(F)cc1C)C(=O)OCC. The van der Waals surface area contributed by atoms with Crippen molar-refractivity contribution in [1.82, 2.24) is 5.32 Å². The summed E-state index contributed by atoms with van der Waals surface area (Å²) in [4.78, 5) is 11.8. The number of ether oxygens (including phenoxy) is 1. The third-order valence-electron chi connectivity index (χ3n) is 3.24. The number of hydrogen-bond donors (Lipinski definition) is 1. The number of aryl methyl sites for hydroxylation is 1. The molecular formula is C16H24FNO2. The number of halogens is 1. The van der Waals surface area contributed by atoms with Gasteiger partial charge in [0.2, 0.25) is 0 Å². The molecule has 0 aromatic heterocycles. The van der Waals surface area contributed by atoms with Crippen molar-refractivity contribution in [3.05, 3.63) is 35.1 Å². The van der Waals surface area contributed by atoms with Crippen molar-refractivity contribution in [2.24, 2.45) is 0 Å². The summed E-state index contributed by atoms with van der Waals surface area (Å²) in [5, 5.41) is 3.23. The fourth-order valence-corrected chi connectivity index (χ4v) is 2.16. The van der Waals surface area contributed by atoms with Crippen molar-refractivity contribution in [3.8, 4) is 0 Å². The lowest BCUT2D eigenvalue weighted by Gasteiger charge is -2.16. The molecule has 0 saturated heterocycles. The third kappa shape index (κ3) is 5.29. The van der Waals surface area contributed by atoms with Gasteiger partial charge in [0, 0.05) is 0 Å². The Morgan fingerprint density at radius 3 is 2.75 bits per heavy atom. The molecule has 1 unspecified atom stereocenters. The summed E-state index contributed by atoms with van der Waals surface area (Å²) < 4.78 is 18.1. The van der Waals surface area contributed by atoms with Gasteiger partial charge >= 0.3 is 5.97 Å². The molecule has 0 fully saturated rings. The van der Waals surface area contributed by atoms with E-state index in [1.54, 1.807) is 6.07 Å². The first-order valence-corrected chi connectivity index (χ1v) is 7.23. The number of benzene rings is 1. The van der Waals surface area contributed by atoms with Gasteiger partial charge in [-0.2, -0.15) is 0 Å². The first-order chi connectivity index (χ1) is 9.58. The Morgan fingerprint density at radius 2 is 2.15 bits per heavy atom. The van der Waals surface area contributed by atoms with Crippen LogP contribution in [0.15, 0.2) is 18.2 Å². The van der Waals surface area contributed by atoms with E-state index in [0.29, 0.717) is 13.2 Å². The second kappa shape index (κ2) is 8.69. The predicted octanol–water partition coefficient (Wildman–Crippen LogP) is 3.00. The summed E-state index contributed by atoms with van der Waals surface area (Å²) >= 11 is 0. The second-order valence-corrected chi connectivity index (χ2v) is 4.87. The van der Waals surface area contributed by atoms with Crippen LogP contribution in [0.25, 0.3) is 0 Å². The molecule has 1 aromatic carbocycles. The molecule has 0 heterocycles. The maximum absolute atomic E-state index is 13.0. The smallest absolute Gasteiger partial charge is 0.323 e. The lowest BCUT2D eigenvalue weighted by Crippen LogP contribution is -2.39. The van der Waals surface area contributed by atoms with E-state index < -0.39 is 0 Å². The van der Waals surface area contributed by atoms with Crippen molar-refractivity contribution >= 4 is 5.97 Å². The molecule has 4 heteroatoms. The van der Waals surface area contributed by atoms with Crippen molar-refractivity contribution in [1.29, 1.82) is 0 Å². The van der Waals surface area contributed by atoms with E-state index in [1.165, 1.54) is 12.1 Å². The lowest BCUT2D eigenvalue weighted by atomic mass is 10.1. The van der Waals surface area contributed by atoms with Crippen LogP contribution in [0.5, 0.6) is 0 Å². The van der Waals surface area contributed by atoms with Gasteiger partial charge < -0.3 is 10.1 Å². The zero-order valence-corrected chi connectivity index (χ0v) is 12.5. The maximum atomic E-state index is 13.0. The van der Waals surface area contributed by atoms with Gasteiger partial charge in [-0.3, -0.25) is 4.79 Å². The molecule has 1 atom stereocenters. The molecule has 0 aliphatic carbocycles. The van der Waals surface area contributed by atoms with E-state index in [-0.39, 0.29) is 17.8 Å². The first kappa shape index (κ1) is 16.6. The summed E-state index contributed by atoms with van der Waals surface area (Å²) in [7, 11) is 0. The lowest BCUT2D eigenvalue weighted by molar-refractivity contribution is -0.145. The Balaban J connectivity index is 2.49. The summed E-state index contributed by atoms with van der Waals surface area (Å²) in [6.45, 7) is 6.82. The second-order valence-electron chi connectivity index (χ2n) is 4.87. The highest BCUT2D eigenvalue weighted by Gasteiger charge is 2.17. The average Bonchev–Trinajstić information content (AvgIpc) is 2.40. The van der Waals surface area contributed by atoms with Gasteiger partial charge in [-0.1, -0.05) is 19.4 Å². The molecule has 3 nitrogen and oxygen atoms in total. The zero-order chi connectivity index (χ0) is 15.0. The summed E-state index contributed by atoms with van der Waals surface area (Å²) in [6, 6.07) is 4.55. The Hall–Kier alpha value is -1.42. The van der Waals surface area contributed by atoms with Crippen LogP contribution in [0, 0.1) is 12.7 Å². The van der Waals surface area contributed by atoms with Gasteiger partial charge in [0.25, 0.3) is 0 Å². The summed E-state index contributed by atoms with van der Waals surface area (Å²) in [6.07, 6.45) is 2.46. The minimum absolute atomic E-state index is 0.190. The number of rotatable bonds is 8. The largest absolute Gasteiger partial charge is 0.465 e. The average molecular weight is 281 g/mol. The Bertz CT molecular complexity index is 434. The first-order valence-electron chi connectivity index (χ1n) is 7.23. The topological polar surface area (TPSA) is 38.3 Å². The van der Waals surface area contributed by atoms with Crippen LogP contribution in [0.1, 0.15) is 37.8 Å². The summed E-state index contributed by atoms with van der Waals surface area (Å²) in [5.74, 6) is -0.403. The minimum atomic E-state index is -0.249. The van der Waals surface area contributed by atoms with Gasteiger partial charge in [0.05, 0.1) is 6.61 Å². The van der Waals surface area contributed by atoms with Crippen LogP contribution in [-0.2, 0) is 16.0 Å². The van der Waals surface area contributed by atoms with Crippen LogP contribution in [0.3, 0.4) is 0 Å². The van der Waals surface area contributed by atoms with Crippen LogP contribution < -0.4 is 5.32 Å². The van der Waals surface area contributed by atoms with E-state index in [0.717, 1.165) is 30.4 Å². The molecule has 1 rings (SSSR count). The molecule has 0 saturated carbocycles. The molecule has 112 valence electrons. The number of hydrogen-bond acceptors (Lipinski definition) is 3. The van der Waals surface area contributed by atoms with Gasteiger partial charge in [-0.25, -0.2) is 4.39 Å². The number of carbonyl (C=O) groups excluding carboxylic acids is 1. The third-order valence-corrected chi connectivity index (χ3v) is 3.24. The predicted molar refractivity (Wildman–Crippen MR) is 78.2 cm³/mol. The number of esters is 1. The van der Waals surface area contributed by atoms with Gasteiger partial charge in [0.15, 0.2) is 0 Å². The highest BCUT2D eigenvalue weighted by atomic mass is 19.1. The van der Waals surface area contributed by atoms with Crippen LogP contribution in [0.2, 0.25) is 0 Å². The van der Waals surface area contributed by atoms with Crippen molar-refractivity contribution < 1.29 is 13.9 Å². The molecule has 1 aromatic rings. The Labute approximate surface area is 120 Å². The minimum Gasteiger partial charge on any atom is -0.465 e. The zero-order valence-electron chi connectivity index (χ0n) is 12.5. The molecule has 0 bridgehead atoms. The van der Waals surface area contributed by atoms with Gasteiger partial charge in [-0.15, -0.1) is 0 Å². The highest BCUT2D eigenvalue weighted by Crippen LogP contribution is 2.10. The number of nitrogens with one attached hydrogen (secondary N) is 1. The molecule has 0 aliphatic rings. The van der Waals surface area contributed by atoms with E-state index in [4.69, 9.17) is 4.74 Å². The summed E-state index contributed by atoms with van der Waals surface area (Å²) in [5.41, 5.74) is 2.04. The standard InChI is InChI=1S/C16H24FNO2/c1-4-6-15(16(19)20-5-2)18-10-9-13-7-8-14(17)11-12(13)3/h7-8,11,15,18H,4-6,9-10H2,1-3H3. The Kier molecular flexibility index (Phi) is 7.23. The molecule has 0 radical (unpaired) electrons. The maximum Gasteiger partial charge on any atom is 0.323 e. The van der Waals surface area contributed by atoms with E-state index in [9.17, 15) is 9.18 Å². The quantitative estimate of drug-likeness (QED) is 0.744. The molecule has 20 heavy (non-hydrogen) atoms. The molecule has 1 N–H and O–H groups in total. The molecule has 0 aliphatic heterocycles. The van der Waals surface area contributed by atoms with E-state index in [1.807, 2.05) is 20.8 Å². The van der Waals surface area contributed by atoms with Gasteiger partial charge in [0.1, 0.15) is 11.9 Å². The van der Waals surface area contributed by atoms with Crippen LogP contribution >= 0.6 is 0 Å². The monoisotopic (exact) mass is 281 g/mol. The van der Waals surface area contributed by atoms with Crippen molar-refractivity contribution in [2.45, 2.75) is 46.1 Å². The van der Waals surface area contributed by atoms with E-state index >= 15 is 0 Å². The Morgan fingerprint density at radius 1 is 1.40 bits per heavy atom. The fourth-order valence-electron chi connectivity index (χ4n) is 2.16. The van der Waals surface area contributed by atoms with Crippen molar-refractivity contribution in [2.75, 3.05) is 13.2 Å². The van der Waals surface area contributed by atoms with Crippen molar-refractivity contribution in [3.63, 3.8) is 0 Å². The molecular weight excluding hydrogens is 257 g/mol. The fraction of sp³-hybridized carbons (Fsp3) is 0.562. The van der Waals surface area contributed by atoms with E-state index in [2.05, 4.69) is 5.32 Å². The number of carbonyl (C=O) groups is 1. The van der Waals surface area contributed by atoms with Gasteiger partial charge in [-0.05, 0) is 56.5 Å². The highest BCUT2D eigenvalue weighted by molar-refractivity contribution is 5.75. The molecule has 0 spiro atoms. The molecule has 0 amide bonds. The van der Waals surface area contributed by atoms with Crippen LogP contribution in [0.4, 0.5) is 4.39 Å².